The van der Waals surface area contributed by atoms with Crippen LogP contribution >= 0.6 is 0 Å². The fourth-order valence-electron chi connectivity index (χ4n) is 8.08. The molecule has 4 heterocycles. The Morgan fingerprint density at radius 1 is 1.20 bits per heavy atom. The molecule has 0 radical (unpaired) electrons. The summed E-state index contributed by atoms with van der Waals surface area (Å²) < 4.78 is 14.2. The van der Waals surface area contributed by atoms with E-state index in [1.165, 1.54) is 5.01 Å². The molecule has 2 aliphatic heterocycles. The lowest BCUT2D eigenvalue weighted by Gasteiger charge is -2.35. The molecule has 12 nitrogen and oxygen atoms in total. The molecule has 298 valence electrons. The van der Waals surface area contributed by atoms with Gasteiger partial charge in [0.15, 0.2) is 0 Å². The first kappa shape index (κ1) is 40.6. The third kappa shape index (κ3) is 8.36. The first-order valence-electron chi connectivity index (χ1n) is 19.8. The number of cyclic esters (lactones) is 1. The molecular formula is C44H57N7O5. The van der Waals surface area contributed by atoms with Crippen LogP contribution in [0.25, 0.3) is 38.6 Å². The highest BCUT2D eigenvalue weighted by Crippen LogP contribution is 2.40. The summed E-state index contributed by atoms with van der Waals surface area (Å²) in [6.07, 6.45) is 7.18. The number of amides is 2. The Hall–Kier alpha value is -5.07. The quantitative estimate of drug-likeness (QED) is 0.0955. The van der Waals surface area contributed by atoms with Crippen LogP contribution in [0, 0.1) is 11.3 Å². The maximum atomic E-state index is 14.3. The van der Waals surface area contributed by atoms with Gasteiger partial charge in [-0.15, -0.1) is 0 Å². The summed E-state index contributed by atoms with van der Waals surface area (Å²) in [6, 6.07) is 9.06. The summed E-state index contributed by atoms with van der Waals surface area (Å²) in [7, 11) is 1.68. The number of carbonyl (C=O) groups excluding carboxylic acids is 3. The van der Waals surface area contributed by atoms with Crippen molar-refractivity contribution in [2.45, 2.75) is 105 Å². The number of methoxy groups -OCH3 is 1. The number of nitrogens with one attached hydrogen (secondary N) is 3. The monoisotopic (exact) mass is 763 g/mol. The van der Waals surface area contributed by atoms with E-state index >= 15 is 0 Å². The van der Waals surface area contributed by atoms with Gasteiger partial charge in [0.1, 0.15) is 12.1 Å². The molecule has 2 aromatic heterocycles. The second-order valence-corrected chi connectivity index (χ2v) is 16.2. The lowest BCUT2D eigenvalue weighted by Crippen LogP contribution is -2.60. The predicted octanol–water partition coefficient (Wildman–Crippen LogP) is 6.92. The Bertz CT molecular complexity index is 2190. The van der Waals surface area contributed by atoms with Crippen molar-refractivity contribution >= 4 is 51.5 Å². The van der Waals surface area contributed by atoms with Crippen LogP contribution in [0.1, 0.15) is 84.5 Å². The van der Waals surface area contributed by atoms with Crippen LogP contribution in [0.5, 0.6) is 0 Å². The van der Waals surface area contributed by atoms with E-state index < -0.39 is 23.5 Å². The number of allylic oxidation sites excluding steroid dienone is 2. The second-order valence-electron chi connectivity index (χ2n) is 16.2. The fourth-order valence-corrected chi connectivity index (χ4v) is 8.08. The topological polar surface area (TPSA) is 143 Å². The maximum absolute atomic E-state index is 14.3. The third-order valence-corrected chi connectivity index (χ3v) is 10.8. The number of aliphatic imine (C=N–C) groups is 1. The Labute approximate surface area is 329 Å². The number of ether oxygens (including phenoxy) is 2. The molecule has 12 heteroatoms. The van der Waals surface area contributed by atoms with Crippen molar-refractivity contribution in [3.63, 3.8) is 0 Å². The summed E-state index contributed by atoms with van der Waals surface area (Å²) >= 11 is 0. The molecule has 0 unspecified atom stereocenters. The number of fused-ring (bicyclic) bond motifs is 8. The molecule has 4 aromatic rings. The summed E-state index contributed by atoms with van der Waals surface area (Å²) in [5.74, 6) is -0.825. The molecule has 3 atom stereocenters. The molecule has 2 aromatic carbocycles. The molecule has 0 aliphatic carbocycles. The highest BCUT2D eigenvalue weighted by molar-refractivity contribution is 5.97. The standard InChI is InChI=1S/C44H57N7O5/c1-10-31(39(45-11-2)27(6)55-9)41-33-23-44(7,8)24-56-43(54)34-14-13-17-51(49-34)42(53)36(48-38(52)18-26(4)5)22-30-19-29(21-35-40(30)47-25-46-35)28-15-16-37(32(33)20-28)50(41)12-3/h10-11,15-16,19-21,25-27,34,36,49H,1,12-14,17-18,22-24H2,2-9H3,(H,46,47)(H,48,52)/b39-31+,45-11-/t27-,34-,36-/m0/s1. The number of imidazole rings is 1. The van der Waals surface area contributed by atoms with Gasteiger partial charge in [0.25, 0.3) is 5.91 Å². The number of esters is 1. The first-order chi connectivity index (χ1) is 26.8. The number of aromatic nitrogens is 3. The molecule has 0 spiro atoms. The molecule has 2 aliphatic rings. The minimum atomic E-state index is -0.898. The van der Waals surface area contributed by atoms with Crippen molar-refractivity contribution in [3.8, 4) is 11.1 Å². The Morgan fingerprint density at radius 3 is 2.68 bits per heavy atom. The number of hydrazine groups is 1. The van der Waals surface area contributed by atoms with Gasteiger partial charge in [-0.1, -0.05) is 46.4 Å². The van der Waals surface area contributed by atoms with Crippen molar-refractivity contribution in [2.75, 3.05) is 20.3 Å². The number of carbonyl (C=O) groups is 3. The van der Waals surface area contributed by atoms with Gasteiger partial charge in [-0.05, 0) is 92.5 Å². The fraction of sp³-hybridized carbons (Fsp3) is 0.477. The lowest BCUT2D eigenvalue weighted by atomic mass is 9.84. The maximum Gasteiger partial charge on any atom is 0.324 e. The SMILES string of the molecule is C=C/C(=C(\N=C/C)[C@H](C)OC)c1c2c3cc(ccc3n1CC)-c1cc(c3nc[nH]c3c1)C[C@H](NC(=O)CC(C)C)C(=O)N1CCC[C@H](N1)C(=O)OCC(C)(C)C2. The molecule has 6 bridgehead atoms. The van der Waals surface area contributed by atoms with Gasteiger partial charge < -0.3 is 24.3 Å². The van der Waals surface area contributed by atoms with Crippen LogP contribution in [0.3, 0.4) is 0 Å². The van der Waals surface area contributed by atoms with Crippen molar-refractivity contribution < 1.29 is 23.9 Å². The Balaban J connectivity index is 1.61. The summed E-state index contributed by atoms with van der Waals surface area (Å²) in [5.41, 5.74) is 11.8. The number of nitrogens with zero attached hydrogens (tertiary/aromatic N) is 4. The zero-order valence-electron chi connectivity index (χ0n) is 34.1. The number of rotatable bonds is 9. The van der Waals surface area contributed by atoms with Gasteiger partial charge in [-0.3, -0.25) is 24.4 Å². The van der Waals surface area contributed by atoms with Crippen LogP contribution in [-0.2, 0) is 43.2 Å². The number of hydrogen-bond donors (Lipinski definition) is 3. The molecule has 3 N–H and O–H groups in total. The highest BCUT2D eigenvalue weighted by Gasteiger charge is 2.35. The third-order valence-electron chi connectivity index (χ3n) is 10.8. The van der Waals surface area contributed by atoms with Crippen LogP contribution in [0.2, 0.25) is 0 Å². The van der Waals surface area contributed by atoms with Gasteiger partial charge in [-0.25, -0.2) is 10.4 Å². The molecule has 2 amide bonds. The van der Waals surface area contributed by atoms with Crippen LogP contribution in [0.15, 0.2) is 60.0 Å². The van der Waals surface area contributed by atoms with E-state index in [1.54, 1.807) is 19.7 Å². The van der Waals surface area contributed by atoms with Crippen molar-refractivity contribution in [1.29, 1.82) is 0 Å². The lowest BCUT2D eigenvalue weighted by molar-refractivity contribution is -0.155. The first-order valence-corrected chi connectivity index (χ1v) is 19.8. The van der Waals surface area contributed by atoms with E-state index in [9.17, 15) is 14.4 Å². The smallest absolute Gasteiger partial charge is 0.324 e. The molecule has 56 heavy (non-hydrogen) atoms. The van der Waals surface area contributed by atoms with Gasteiger partial charge in [0.2, 0.25) is 5.91 Å². The number of H-pyrrole nitrogens is 1. The normalized spacial score (nSPS) is 20.3. The van der Waals surface area contributed by atoms with E-state index in [1.807, 2.05) is 33.8 Å². The van der Waals surface area contributed by atoms with E-state index in [0.29, 0.717) is 32.4 Å². The molecule has 0 saturated carbocycles. The average Bonchev–Trinajstić information content (AvgIpc) is 3.77. The van der Waals surface area contributed by atoms with E-state index in [2.05, 4.69) is 83.0 Å². The van der Waals surface area contributed by atoms with E-state index in [0.717, 1.165) is 61.2 Å². The zero-order valence-corrected chi connectivity index (χ0v) is 34.1. The largest absolute Gasteiger partial charge is 0.464 e. The number of benzene rings is 2. The van der Waals surface area contributed by atoms with Crippen molar-refractivity contribution in [1.82, 2.24) is 30.3 Å². The minimum absolute atomic E-state index is 0.109. The van der Waals surface area contributed by atoms with Gasteiger partial charge in [0.05, 0.1) is 41.5 Å². The van der Waals surface area contributed by atoms with E-state index in [-0.39, 0.29) is 43.3 Å². The van der Waals surface area contributed by atoms with Crippen LogP contribution in [-0.4, -0.2) is 82.0 Å². The predicted molar refractivity (Wildman–Crippen MR) is 222 cm³/mol. The number of aromatic amines is 1. The van der Waals surface area contributed by atoms with Gasteiger partial charge in [-0.2, -0.15) is 0 Å². The Kier molecular flexibility index (Phi) is 12.3. The Morgan fingerprint density at radius 2 is 1.98 bits per heavy atom. The summed E-state index contributed by atoms with van der Waals surface area (Å²) in [4.78, 5) is 54.1. The van der Waals surface area contributed by atoms with Crippen molar-refractivity contribution in [3.05, 3.63) is 71.8 Å². The van der Waals surface area contributed by atoms with Crippen LogP contribution in [0.4, 0.5) is 0 Å². The summed E-state index contributed by atoms with van der Waals surface area (Å²) in [6.45, 7) is 19.7. The van der Waals surface area contributed by atoms with Gasteiger partial charge in [0, 0.05) is 61.1 Å². The van der Waals surface area contributed by atoms with Gasteiger partial charge >= 0.3 is 5.97 Å². The molecule has 6 rings (SSSR count). The molecular weight excluding hydrogens is 707 g/mol. The summed E-state index contributed by atoms with van der Waals surface area (Å²) in [5, 5.41) is 5.58. The second kappa shape index (κ2) is 17.0. The molecule has 1 saturated heterocycles. The average molecular weight is 764 g/mol. The van der Waals surface area contributed by atoms with Crippen molar-refractivity contribution in [2.24, 2.45) is 16.3 Å². The van der Waals surface area contributed by atoms with E-state index in [4.69, 9.17) is 14.5 Å². The highest BCUT2D eigenvalue weighted by atomic mass is 16.5. The number of aryl methyl sites for hydroxylation is 1. The number of hydrogen-bond acceptors (Lipinski definition) is 8. The zero-order chi connectivity index (χ0) is 40.3. The minimum Gasteiger partial charge on any atom is -0.464 e. The van der Waals surface area contributed by atoms with Crippen LogP contribution < -0.4 is 10.7 Å². The molecule has 1 fully saturated rings.